The number of hydrogen-bond acceptors (Lipinski definition) is 5. The van der Waals surface area contributed by atoms with Gasteiger partial charge >= 0.3 is 0 Å². The summed E-state index contributed by atoms with van der Waals surface area (Å²) >= 11 is 0. The van der Waals surface area contributed by atoms with Gasteiger partial charge in [0.25, 0.3) is 0 Å². The Hall–Kier alpha value is -3.52. The molecule has 8 heteroatoms. The average Bonchev–Trinajstić information content (AvgIpc) is 2.78. The summed E-state index contributed by atoms with van der Waals surface area (Å²) in [5.74, 6) is -0.367. The van der Waals surface area contributed by atoms with E-state index in [-0.39, 0.29) is 27.8 Å². The molecule has 158 valence electrons. The topological polar surface area (TPSA) is 68.3 Å². The third-order valence-electron chi connectivity index (χ3n) is 4.84. The van der Waals surface area contributed by atoms with Crippen LogP contribution < -0.4 is 10.1 Å². The Labute approximate surface area is 178 Å². The molecule has 4 rings (SSSR count). The van der Waals surface area contributed by atoms with Gasteiger partial charge in [0.15, 0.2) is 0 Å². The van der Waals surface area contributed by atoms with Crippen LogP contribution in [-0.4, -0.2) is 20.5 Å². The zero-order chi connectivity index (χ0) is 22.0. The largest absolute Gasteiger partial charge is 0.497 e. The lowest BCUT2D eigenvalue weighted by Gasteiger charge is -2.16. The molecule has 0 radical (unpaired) electrons. The van der Waals surface area contributed by atoms with E-state index >= 15 is 0 Å². The second-order valence-corrected chi connectivity index (χ2v) is 8.74. The Morgan fingerprint density at radius 3 is 2.29 bits per heavy atom. The van der Waals surface area contributed by atoms with Gasteiger partial charge < -0.3 is 10.1 Å². The lowest BCUT2D eigenvalue weighted by molar-refractivity contribution is 0.414. The number of ether oxygens (including phenoxy) is 1. The van der Waals surface area contributed by atoms with Crippen molar-refractivity contribution in [3.63, 3.8) is 0 Å². The highest BCUT2D eigenvalue weighted by Crippen LogP contribution is 2.34. The number of halogens is 2. The van der Waals surface area contributed by atoms with E-state index < -0.39 is 15.7 Å². The van der Waals surface area contributed by atoms with Gasteiger partial charge in [-0.25, -0.2) is 17.2 Å². The van der Waals surface area contributed by atoms with Crippen LogP contribution in [0.5, 0.6) is 5.75 Å². The molecule has 0 atom stereocenters. The molecular formula is C23H18F2N2O3S. The SMILES string of the molecule is COc1ccc(S(=O)(=O)c2cnc3ccc(F)cc3c2NCc2ccc(F)cc2)cc1. The molecule has 0 saturated heterocycles. The number of nitrogens with zero attached hydrogens (tertiary/aromatic N) is 1. The highest BCUT2D eigenvalue weighted by molar-refractivity contribution is 7.91. The number of sulfone groups is 1. The highest BCUT2D eigenvalue weighted by atomic mass is 32.2. The van der Waals surface area contributed by atoms with Gasteiger partial charge in [0.05, 0.1) is 23.2 Å². The summed E-state index contributed by atoms with van der Waals surface area (Å²) in [5, 5.41) is 3.41. The number of nitrogens with one attached hydrogen (secondary N) is 1. The summed E-state index contributed by atoms with van der Waals surface area (Å²) in [6.45, 7) is 0.209. The van der Waals surface area contributed by atoms with Crippen molar-refractivity contribution in [2.75, 3.05) is 12.4 Å². The molecule has 0 amide bonds. The fraction of sp³-hybridized carbons (Fsp3) is 0.0870. The van der Waals surface area contributed by atoms with Crippen LogP contribution >= 0.6 is 0 Å². The minimum Gasteiger partial charge on any atom is -0.497 e. The second-order valence-electron chi connectivity index (χ2n) is 6.82. The monoisotopic (exact) mass is 440 g/mol. The van der Waals surface area contributed by atoms with E-state index in [0.717, 1.165) is 5.56 Å². The number of fused-ring (bicyclic) bond motifs is 1. The summed E-state index contributed by atoms with van der Waals surface area (Å²) in [4.78, 5) is 4.18. The molecule has 0 spiro atoms. The Morgan fingerprint density at radius 2 is 1.61 bits per heavy atom. The van der Waals surface area contributed by atoms with Crippen molar-refractivity contribution in [3.05, 3.63) is 90.1 Å². The third-order valence-corrected chi connectivity index (χ3v) is 6.62. The molecule has 1 aromatic heterocycles. The Kier molecular flexibility index (Phi) is 5.56. The van der Waals surface area contributed by atoms with E-state index in [2.05, 4.69) is 10.3 Å². The third kappa shape index (κ3) is 4.20. The van der Waals surface area contributed by atoms with Gasteiger partial charge in [-0.05, 0) is 60.2 Å². The Bertz CT molecular complexity index is 1340. The van der Waals surface area contributed by atoms with Crippen molar-refractivity contribution < 1.29 is 21.9 Å². The molecule has 0 bridgehead atoms. The smallest absolute Gasteiger partial charge is 0.210 e. The van der Waals surface area contributed by atoms with Crippen LogP contribution in [0.15, 0.2) is 82.7 Å². The first-order valence-electron chi connectivity index (χ1n) is 9.34. The minimum atomic E-state index is -3.97. The van der Waals surface area contributed by atoms with Gasteiger partial charge in [-0.15, -0.1) is 0 Å². The molecule has 5 nitrogen and oxygen atoms in total. The summed E-state index contributed by atoms with van der Waals surface area (Å²) in [6.07, 6.45) is 1.26. The maximum Gasteiger partial charge on any atom is 0.210 e. The van der Waals surface area contributed by atoms with Gasteiger partial charge in [-0.1, -0.05) is 12.1 Å². The van der Waals surface area contributed by atoms with Crippen LogP contribution in [0.25, 0.3) is 10.9 Å². The van der Waals surface area contributed by atoms with Crippen LogP contribution in [0.3, 0.4) is 0 Å². The van der Waals surface area contributed by atoms with E-state index in [0.29, 0.717) is 16.7 Å². The summed E-state index contributed by atoms with van der Waals surface area (Å²) in [5.41, 5.74) is 1.40. The number of rotatable bonds is 6. The van der Waals surface area contributed by atoms with E-state index in [1.165, 1.54) is 55.8 Å². The first-order valence-corrected chi connectivity index (χ1v) is 10.8. The van der Waals surface area contributed by atoms with Crippen molar-refractivity contribution >= 4 is 26.4 Å². The van der Waals surface area contributed by atoms with Crippen LogP contribution in [0.4, 0.5) is 14.5 Å². The molecule has 0 unspecified atom stereocenters. The second kappa shape index (κ2) is 8.31. The van der Waals surface area contributed by atoms with Gasteiger partial charge in [0.1, 0.15) is 22.3 Å². The standard InChI is InChI=1S/C23H18F2N2O3S/c1-30-18-7-9-19(10-8-18)31(28,29)22-14-26-21-11-6-17(25)12-20(21)23(22)27-13-15-2-4-16(24)5-3-15/h2-12,14H,13H2,1H3,(H,26,27). The number of pyridine rings is 1. The van der Waals surface area contributed by atoms with Crippen LogP contribution in [-0.2, 0) is 16.4 Å². The van der Waals surface area contributed by atoms with E-state index in [4.69, 9.17) is 4.74 Å². The van der Waals surface area contributed by atoms with Gasteiger partial charge in [0.2, 0.25) is 9.84 Å². The first-order chi connectivity index (χ1) is 14.9. The van der Waals surface area contributed by atoms with Crippen molar-refractivity contribution in [2.45, 2.75) is 16.3 Å². The quantitative estimate of drug-likeness (QED) is 0.459. The highest BCUT2D eigenvalue weighted by Gasteiger charge is 2.24. The van der Waals surface area contributed by atoms with Crippen molar-refractivity contribution in [2.24, 2.45) is 0 Å². The normalized spacial score (nSPS) is 11.5. The maximum absolute atomic E-state index is 14.0. The predicted molar refractivity (Wildman–Crippen MR) is 114 cm³/mol. The summed E-state index contributed by atoms with van der Waals surface area (Å²) < 4.78 is 59.0. The number of benzene rings is 3. The lowest BCUT2D eigenvalue weighted by atomic mass is 10.1. The zero-order valence-corrected chi connectivity index (χ0v) is 17.3. The van der Waals surface area contributed by atoms with Crippen LogP contribution in [0.1, 0.15) is 5.56 Å². The fourth-order valence-corrected chi connectivity index (χ4v) is 4.60. The van der Waals surface area contributed by atoms with Crippen molar-refractivity contribution in [1.82, 2.24) is 4.98 Å². The van der Waals surface area contributed by atoms with Crippen molar-refractivity contribution in [3.8, 4) is 5.75 Å². The van der Waals surface area contributed by atoms with Gasteiger partial charge in [-0.3, -0.25) is 4.98 Å². The average molecular weight is 440 g/mol. The molecule has 0 aliphatic rings. The summed E-state index contributed by atoms with van der Waals surface area (Å²) in [7, 11) is -2.48. The molecule has 1 heterocycles. The molecule has 0 saturated carbocycles. The lowest BCUT2D eigenvalue weighted by Crippen LogP contribution is -2.10. The Morgan fingerprint density at radius 1 is 0.935 bits per heavy atom. The molecule has 4 aromatic rings. The number of methoxy groups -OCH3 is 1. The molecule has 0 fully saturated rings. The zero-order valence-electron chi connectivity index (χ0n) is 16.5. The molecule has 0 aliphatic carbocycles. The Balaban J connectivity index is 1.83. The fourth-order valence-electron chi connectivity index (χ4n) is 3.21. The van der Waals surface area contributed by atoms with Gasteiger partial charge in [0, 0.05) is 18.1 Å². The first kappa shape index (κ1) is 20.7. The van der Waals surface area contributed by atoms with E-state index in [9.17, 15) is 17.2 Å². The van der Waals surface area contributed by atoms with Crippen LogP contribution in [0.2, 0.25) is 0 Å². The predicted octanol–water partition coefficient (Wildman–Crippen LogP) is 4.97. The van der Waals surface area contributed by atoms with Crippen molar-refractivity contribution in [1.29, 1.82) is 0 Å². The maximum atomic E-state index is 14.0. The van der Waals surface area contributed by atoms with E-state index in [1.807, 2.05) is 0 Å². The minimum absolute atomic E-state index is 0.0516. The number of aromatic nitrogens is 1. The summed E-state index contributed by atoms with van der Waals surface area (Å²) in [6, 6.07) is 15.8. The molecule has 31 heavy (non-hydrogen) atoms. The molecule has 3 aromatic carbocycles. The number of hydrogen-bond donors (Lipinski definition) is 1. The van der Waals surface area contributed by atoms with Crippen LogP contribution in [0, 0.1) is 11.6 Å². The van der Waals surface area contributed by atoms with Gasteiger partial charge in [-0.2, -0.15) is 0 Å². The molecule has 0 aliphatic heterocycles. The number of anilines is 1. The molecule has 1 N–H and O–H groups in total. The van der Waals surface area contributed by atoms with E-state index in [1.54, 1.807) is 24.3 Å². The molecular weight excluding hydrogens is 422 g/mol.